The third-order valence-corrected chi connectivity index (χ3v) is 10.4. The van der Waals surface area contributed by atoms with Crippen LogP contribution in [0.4, 0.5) is 17.1 Å². The summed E-state index contributed by atoms with van der Waals surface area (Å²) in [6.07, 6.45) is 0.991. The van der Waals surface area contributed by atoms with Crippen molar-refractivity contribution in [1.82, 2.24) is 5.32 Å². The van der Waals surface area contributed by atoms with Crippen molar-refractivity contribution in [2.24, 2.45) is 0 Å². The highest BCUT2D eigenvalue weighted by molar-refractivity contribution is 7.99. The van der Waals surface area contributed by atoms with E-state index in [9.17, 15) is 43.2 Å². The van der Waals surface area contributed by atoms with E-state index in [0.717, 1.165) is 34.2 Å². The number of esters is 2. The van der Waals surface area contributed by atoms with Gasteiger partial charge in [0.25, 0.3) is 23.6 Å². The third kappa shape index (κ3) is 11.9. The summed E-state index contributed by atoms with van der Waals surface area (Å²) in [7, 11) is 1.35. The Kier molecular flexibility index (Phi) is 14.9. The SMILES string of the molecule is C=CC(=O)COC(=O)c1ccc(Sc2ccc(C(=O)OCC(=O)C=O)c(C(=O)NC)c2)cc1C(=O)Nc1cccc(C(=O)Nc2ccc3cc(NC(=O)c4cccc(C)c4)ccc3c2)c1. The number of nitrogens with one attached hydrogen (secondary N) is 4. The number of benzene rings is 6. The fraction of sp³-hybridized carbons (Fsp3) is 0.0816. The first-order valence-corrected chi connectivity index (χ1v) is 20.4. The molecule has 6 rings (SSSR count). The number of hydrogen-bond acceptors (Lipinski definition) is 12. The molecule has 16 heteroatoms. The van der Waals surface area contributed by atoms with Crippen LogP contribution in [-0.4, -0.2) is 73.7 Å². The van der Waals surface area contributed by atoms with Crippen LogP contribution in [0.2, 0.25) is 0 Å². The number of fused-ring (bicyclic) bond motifs is 1. The molecule has 0 aliphatic heterocycles. The largest absolute Gasteiger partial charge is 0.454 e. The molecule has 0 spiro atoms. The van der Waals surface area contributed by atoms with Gasteiger partial charge in [-0.1, -0.05) is 54.2 Å². The Morgan fingerprint density at radius 2 is 1.03 bits per heavy atom. The van der Waals surface area contributed by atoms with Crippen molar-refractivity contribution >= 4 is 93.0 Å². The van der Waals surface area contributed by atoms with Gasteiger partial charge in [0.15, 0.2) is 25.3 Å². The van der Waals surface area contributed by atoms with Gasteiger partial charge in [0, 0.05) is 45.0 Å². The molecule has 0 aliphatic rings. The van der Waals surface area contributed by atoms with E-state index in [1.165, 1.54) is 49.5 Å². The zero-order chi connectivity index (χ0) is 46.6. The number of anilines is 3. The highest BCUT2D eigenvalue weighted by Crippen LogP contribution is 2.32. The maximum Gasteiger partial charge on any atom is 0.339 e. The second-order valence-electron chi connectivity index (χ2n) is 14.1. The van der Waals surface area contributed by atoms with Gasteiger partial charge in [-0.15, -0.1) is 0 Å². The van der Waals surface area contributed by atoms with Gasteiger partial charge in [0.05, 0.1) is 22.3 Å². The maximum absolute atomic E-state index is 14.0. The molecule has 0 radical (unpaired) electrons. The minimum Gasteiger partial charge on any atom is -0.454 e. The summed E-state index contributed by atoms with van der Waals surface area (Å²) in [6.45, 7) is 3.84. The van der Waals surface area contributed by atoms with E-state index in [0.29, 0.717) is 26.7 Å². The maximum atomic E-state index is 14.0. The first kappa shape index (κ1) is 46.0. The van der Waals surface area contributed by atoms with Crippen molar-refractivity contribution in [2.45, 2.75) is 16.7 Å². The van der Waals surface area contributed by atoms with E-state index in [1.54, 1.807) is 48.5 Å². The third-order valence-electron chi connectivity index (χ3n) is 9.44. The molecule has 0 saturated heterocycles. The van der Waals surface area contributed by atoms with Gasteiger partial charge in [-0.2, -0.15) is 0 Å². The van der Waals surface area contributed by atoms with E-state index in [-0.39, 0.29) is 45.7 Å². The molecule has 0 heterocycles. The smallest absolute Gasteiger partial charge is 0.339 e. The molecule has 15 nitrogen and oxygen atoms in total. The van der Waals surface area contributed by atoms with Gasteiger partial charge < -0.3 is 30.7 Å². The quantitative estimate of drug-likeness (QED) is 0.0308. The van der Waals surface area contributed by atoms with Crippen molar-refractivity contribution in [3.05, 3.63) is 173 Å². The highest BCUT2D eigenvalue weighted by atomic mass is 32.2. The lowest BCUT2D eigenvalue weighted by molar-refractivity contribution is -0.131. The number of rotatable bonds is 17. The number of ketones is 2. The van der Waals surface area contributed by atoms with Crippen LogP contribution in [0.15, 0.2) is 144 Å². The number of ether oxygens (including phenoxy) is 2. The van der Waals surface area contributed by atoms with Crippen LogP contribution >= 0.6 is 11.8 Å². The molecule has 0 unspecified atom stereocenters. The molecule has 6 aromatic rings. The van der Waals surface area contributed by atoms with Crippen molar-refractivity contribution in [3.8, 4) is 0 Å². The Morgan fingerprint density at radius 1 is 0.538 bits per heavy atom. The molecule has 0 fully saturated rings. The molecule has 0 aliphatic carbocycles. The molecule has 65 heavy (non-hydrogen) atoms. The molecular weight excluding hydrogens is 853 g/mol. The van der Waals surface area contributed by atoms with Gasteiger partial charge in [0.2, 0.25) is 5.78 Å². The fourth-order valence-corrected chi connectivity index (χ4v) is 7.13. The van der Waals surface area contributed by atoms with Crippen LogP contribution in [0, 0.1) is 6.92 Å². The zero-order valence-corrected chi connectivity index (χ0v) is 35.5. The molecule has 0 aromatic heterocycles. The lowest BCUT2D eigenvalue weighted by atomic mass is 10.1. The fourth-order valence-electron chi connectivity index (χ4n) is 6.23. The molecule has 0 saturated carbocycles. The first-order chi connectivity index (χ1) is 31.2. The van der Waals surface area contributed by atoms with Gasteiger partial charge in [-0.25, -0.2) is 9.59 Å². The highest BCUT2D eigenvalue weighted by Gasteiger charge is 2.23. The number of hydrogen-bond donors (Lipinski definition) is 4. The summed E-state index contributed by atoms with van der Waals surface area (Å²) < 4.78 is 10.0. The number of aldehydes is 1. The molecular formula is C49H38N4O11S. The van der Waals surface area contributed by atoms with Crippen LogP contribution in [0.5, 0.6) is 0 Å². The minimum atomic E-state index is -1.01. The molecule has 326 valence electrons. The summed E-state index contributed by atoms with van der Waals surface area (Å²) in [5, 5.41) is 12.5. The van der Waals surface area contributed by atoms with E-state index < -0.39 is 54.4 Å². The minimum absolute atomic E-state index is 0.00586. The summed E-state index contributed by atoms with van der Waals surface area (Å²) in [5.41, 5.74) is 2.36. The molecule has 0 bridgehead atoms. The topological polar surface area (TPSA) is 220 Å². The van der Waals surface area contributed by atoms with Crippen molar-refractivity contribution < 1.29 is 52.6 Å². The van der Waals surface area contributed by atoms with E-state index >= 15 is 0 Å². The number of aryl methyl sites for hydroxylation is 1. The summed E-state index contributed by atoms with van der Waals surface area (Å²) in [6, 6.07) is 32.5. The predicted molar refractivity (Wildman–Crippen MR) is 243 cm³/mol. The Bertz CT molecular complexity index is 2950. The van der Waals surface area contributed by atoms with Crippen LogP contribution in [0.25, 0.3) is 10.8 Å². The normalized spacial score (nSPS) is 10.5. The van der Waals surface area contributed by atoms with E-state index in [4.69, 9.17) is 9.47 Å². The van der Waals surface area contributed by atoms with E-state index in [2.05, 4.69) is 27.8 Å². The molecule has 6 aromatic carbocycles. The Hall–Kier alpha value is -8.50. The van der Waals surface area contributed by atoms with Gasteiger partial charge in [-0.3, -0.25) is 33.6 Å². The zero-order valence-electron chi connectivity index (χ0n) is 34.7. The summed E-state index contributed by atoms with van der Waals surface area (Å²) >= 11 is 1.06. The predicted octanol–water partition coefficient (Wildman–Crippen LogP) is 7.25. The Morgan fingerprint density at radius 3 is 1.55 bits per heavy atom. The first-order valence-electron chi connectivity index (χ1n) is 19.6. The number of carbonyl (C=O) groups is 9. The molecule has 4 N–H and O–H groups in total. The van der Waals surface area contributed by atoms with Crippen molar-refractivity contribution in [2.75, 3.05) is 36.2 Å². The molecule has 4 amide bonds. The summed E-state index contributed by atoms with van der Waals surface area (Å²) in [4.78, 5) is 114. The Labute approximate surface area is 375 Å². The van der Waals surface area contributed by atoms with Crippen molar-refractivity contribution in [1.29, 1.82) is 0 Å². The molecule has 0 atom stereocenters. The number of Topliss-reactive ketones (excluding diaryl/α,β-unsaturated/α-hetero) is 1. The standard InChI is InChI=1S/C49H38N4O11S/c1-4-36(55)26-63-49(62)41-18-16-39(65-38-15-17-40(42(23-38)46(59)50-3)48(61)64-27-37(56)25-54)24-43(41)47(60)53-33-10-6-9-32(22-33)45(58)52-35-14-12-29-20-34(13-11-30(29)21-35)51-44(57)31-8-5-7-28(2)19-31/h4-25H,1,26-27H2,2-3H3,(H,50,59)(H,51,57)(H,52,58)(H,53,60). The van der Waals surface area contributed by atoms with Gasteiger partial charge >= 0.3 is 11.9 Å². The van der Waals surface area contributed by atoms with Crippen LogP contribution < -0.4 is 21.3 Å². The van der Waals surface area contributed by atoms with Crippen LogP contribution in [0.1, 0.15) is 67.7 Å². The van der Waals surface area contributed by atoms with Gasteiger partial charge in [0.1, 0.15) is 0 Å². The second kappa shape index (κ2) is 21.0. The monoisotopic (exact) mass is 890 g/mol. The van der Waals surface area contributed by atoms with Crippen LogP contribution in [0.3, 0.4) is 0 Å². The summed E-state index contributed by atoms with van der Waals surface area (Å²) in [5.74, 6) is -5.69. The number of amides is 4. The van der Waals surface area contributed by atoms with Gasteiger partial charge in [-0.05, 0) is 115 Å². The van der Waals surface area contributed by atoms with Crippen LogP contribution in [-0.2, 0) is 23.9 Å². The van der Waals surface area contributed by atoms with E-state index in [1.807, 2.05) is 37.3 Å². The second-order valence-corrected chi connectivity index (χ2v) is 15.2. The average molecular weight is 891 g/mol. The lowest BCUT2D eigenvalue weighted by Gasteiger charge is -2.14. The van der Waals surface area contributed by atoms with Crippen molar-refractivity contribution in [3.63, 3.8) is 0 Å². The average Bonchev–Trinajstić information content (AvgIpc) is 3.31. The Balaban J connectivity index is 1.19. The number of carbonyl (C=O) groups excluding carboxylic acids is 9. The lowest BCUT2D eigenvalue weighted by Crippen LogP contribution is -2.23.